The van der Waals surface area contributed by atoms with Crippen molar-refractivity contribution in [1.29, 1.82) is 0 Å². The molecule has 0 aromatic carbocycles. The van der Waals surface area contributed by atoms with E-state index in [-0.39, 0.29) is 6.42 Å². The summed E-state index contributed by atoms with van der Waals surface area (Å²) in [7, 11) is 0. The summed E-state index contributed by atoms with van der Waals surface area (Å²) < 4.78 is 23.3. The number of aliphatic hydroxyl groups is 1. The van der Waals surface area contributed by atoms with Gasteiger partial charge in [-0.3, -0.25) is 0 Å². The van der Waals surface area contributed by atoms with Gasteiger partial charge in [0.15, 0.2) is 0 Å². The van der Waals surface area contributed by atoms with Gasteiger partial charge in [0, 0.05) is 13.0 Å². The monoisotopic (exact) mass is 226 g/mol. The summed E-state index contributed by atoms with van der Waals surface area (Å²) in [6.07, 6.45) is -2.88. The number of carbonyl (C=O) groups is 2. The number of urea groups is 1. The first-order chi connectivity index (χ1) is 6.97. The quantitative estimate of drug-likeness (QED) is 0.485. The van der Waals surface area contributed by atoms with Crippen molar-refractivity contribution >= 4 is 12.0 Å². The first-order valence-electron chi connectivity index (χ1n) is 4.13. The molecular weight excluding hydrogens is 214 g/mol. The summed E-state index contributed by atoms with van der Waals surface area (Å²) in [5, 5.41) is 20.7. The number of halogens is 2. The van der Waals surface area contributed by atoms with Crippen molar-refractivity contribution in [3.63, 3.8) is 0 Å². The first kappa shape index (κ1) is 13.6. The smallest absolute Gasteiger partial charge is 0.326 e. The lowest BCUT2D eigenvalue weighted by Gasteiger charge is -2.13. The molecule has 2 amide bonds. The summed E-state index contributed by atoms with van der Waals surface area (Å²) >= 11 is 0. The highest BCUT2D eigenvalue weighted by Crippen LogP contribution is 1.92. The van der Waals surface area contributed by atoms with E-state index < -0.39 is 37.6 Å². The van der Waals surface area contributed by atoms with Crippen molar-refractivity contribution in [2.45, 2.75) is 18.9 Å². The Bertz CT molecular complexity index is 225. The molecule has 0 saturated heterocycles. The van der Waals surface area contributed by atoms with E-state index in [1.807, 2.05) is 5.32 Å². The van der Waals surface area contributed by atoms with Crippen molar-refractivity contribution in [3.8, 4) is 0 Å². The van der Waals surface area contributed by atoms with Crippen molar-refractivity contribution in [2.75, 3.05) is 13.2 Å². The number of carboxylic acid groups (broad SMARTS) is 1. The minimum absolute atomic E-state index is 0.183. The lowest BCUT2D eigenvalue weighted by molar-refractivity contribution is -0.139. The molecule has 15 heavy (non-hydrogen) atoms. The number of nitrogens with one attached hydrogen (secondary N) is 2. The van der Waals surface area contributed by atoms with Crippen LogP contribution < -0.4 is 10.6 Å². The van der Waals surface area contributed by atoms with Gasteiger partial charge in [0.25, 0.3) is 6.43 Å². The second kappa shape index (κ2) is 6.93. The van der Waals surface area contributed by atoms with Gasteiger partial charge in [-0.15, -0.1) is 0 Å². The lowest BCUT2D eigenvalue weighted by Crippen LogP contribution is -2.47. The van der Waals surface area contributed by atoms with Gasteiger partial charge in [0.05, 0.1) is 6.54 Å². The maximum Gasteiger partial charge on any atom is 0.326 e. The van der Waals surface area contributed by atoms with Crippen LogP contribution in [-0.2, 0) is 4.79 Å². The van der Waals surface area contributed by atoms with Gasteiger partial charge >= 0.3 is 12.0 Å². The molecule has 8 heteroatoms. The Labute approximate surface area is 84.3 Å². The van der Waals surface area contributed by atoms with E-state index in [0.717, 1.165) is 0 Å². The molecule has 0 fully saturated rings. The fourth-order valence-electron chi connectivity index (χ4n) is 0.766. The first-order valence-corrected chi connectivity index (χ1v) is 4.13. The molecule has 88 valence electrons. The van der Waals surface area contributed by atoms with Crippen LogP contribution in [0.3, 0.4) is 0 Å². The van der Waals surface area contributed by atoms with Gasteiger partial charge in [-0.2, -0.15) is 0 Å². The Morgan fingerprint density at radius 1 is 1.33 bits per heavy atom. The van der Waals surface area contributed by atoms with E-state index in [1.54, 1.807) is 5.32 Å². The van der Waals surface area contributed by atoms with Crippen LogP contribution >= 0.6 is 0 Å². The summed E-state index contributed by atoms with van der Waals surface area (Å²) in [6, 6.07) is -2.29. The number of carbonyl (C=O) groups excluding carboxylic acids is 1. The van der Waals surface area contributed by atoms with Crippen LogP contribution in [0.25, 0.3) is 0 Å². The van der Waals surface area contributed by atoms with E-state index in [1.165, 1.54) is 0 Å². The summed E-state index contributed by atoms with van der Waals surface area (Å²) in [5.41, 5.74) is 0. The molecule has 0 aromatic heterocycles. The molecule has 0 radical (unpaired) electrons. The molecule has 6 nitrogen and oxygen atoms in total. The lowest BCUT2D eigenvalue weighted by atomic mass is 10.2. The average Bonchev–Trinajstić information content (AvgIpc) is 2.14. The highest BCUT2D eigenvalue weighted by molar-refractivity contribution is 5.82. The second-order valence-corrected chi connectivity index (χ2v) is 2.65. The zero-order valence-corrected chi connectivity index (χ0v) is 7.74. The van der Waals surface area contributed by atoms with Crippen molar-refractivity contribution in [2.24, 2.45) is 0 Å². The van der Waals surface area contributed by atoms with Crippen LogP contribution in [0.1, 0.15) is 6.42 Å². The number of carboxylic acids is 1. The third-order valence-electron chi connectivity index (χ3n) is 1.44. The molecule has 1 atom stereocenters. The topological polar surface area (TPSA) is 98.7 Å². The molecule has 0 aliphatic heterocycles. The Hall–Kier alpha value is -1.44. The van der Waals surface area contributed by atoms with E-state index in [2.05, 4.69) is 0 Å². The summed E-state index contributed by atoms with van der Waals surface area (Å²) in [4.78, 5) is 21.3. The van der Waals surface area contributed by atoms with Gasteiger partial charge in [-0.1, -0.05) is 0 Å². The van der Waals surface area contributed by atoms with E-state index in [9.17, 15) is 18.4 Å². The Morgan fingerprint density at radius 3 is 2.33 bits per heavy atom. The van der Waals surface area contributed by atoms with E-state index in [0.29, 0.717) is 0 Å². The second-order valence-electron chi connectivity index (χ2n) is 2.65. The largest absolute Gasteiger partial charge is 0.480 e. The number of hydrogen-bond acceptors (Lipinski definition) is 3. The van der Waals surface area contributed by atoms with Crippen LogP contribution in [0, 0.1) is 0 Å². The fourth-order valence-corrected chi connectivity index (χ4v) is 0.766. The minimum Gasteiger partial charge on any atom is -0.480 e. The van der Waals surface area contributed by atoms with Crippen LogP contribution in [0.4, 0.5) is 13.6 Å². The fraction of sp³-hybridized carbons (Fsp3) is 0.714. The maximum atomic E-state index is 11.6. The van der Waals surface area contributed by atoms with Gasteiger partial charge in [0.2, 0.25) is 0 Å². The van der Waals surface area contributed by atoms with Crippen LogP contribution in [0.5, 0.6) is 0 Å². The van der Waals surface area contributed by atoms with Gasteiger partial charge in [-0.25, -0.2) is 18.4 Å². The molecular formula is C7H12F2N2O4. The molecule has 0 heterocycles. The molecule has 0 aromatic rings. The molecule has 0 spiro atoms. The van der Waals surface area contributed by atoms with Gasteiger partial charge in [-0.05, 0) is 0 Å². The number of aliphatic hydroxyl groups excluding tert-OH is 1. The van der Waals surface area contributed by atoms with E-state index >= 15 is 0 Å². The Morgan fingerprint density at radius 2 is 1.93 bits per heavy atom. The van der Waals surface area contributed by atoms with Gasteiger partial charge in [0.1, 0.15) is 6.04 Å². The minimum atomic E-state index is -2.70. The molecule has 0 bridgehead atoms. The Balaban J connectivity index is 3.94. The van der Waals surface area contributed by atoms with Crippen molar-refractivity contribution in [3.05, 3.63) is 0 Å². The molecule has 4 N–H and O–H groups in total. The van der Waals surface area contributed by atoms with Gasteiger partial charge < -0.3 is 20.8 Å². The van der Waals surface area contributed by atoms with Crippen LogP contribution in [0.2, 0.25) is 0 Å². The number of hydrogen-bond donors (Lipinski definition) is 4. The predicted octanol–water partition coefficient (Wildman–Crippen LogP) is -0.614. The number of alkyl halides is 2. The zero-order chi connectivity index (χ0) is 11.8. The molecule has 0 rings (SSSR count). The van der Waals surface area contributed by atoms with Crippen LogP contribution in [-0.4, -0.2) is 47.8 Å². The number of amides is 2. The van der Waals surface area contributed by atoms with Crippen LogP contribution in [0.15, 0.2) is 0 Å². The average molecular weight is 226 g/mol. The molecule has 0 saturated carbocycles. The molecule has 0 aliphatic carbocycles. The summed E-state index contributed by atoms with van der Waals surface area (Å²) in [5.74, 6) is -1.34. The third-order valence-corrected chi connectivity index (χ3v) is 1.44. The van der Waals surface area contributed by atoms with E-state index in [4.69, 9.17) is 10.2 Å². The standard InChI is InChI=1S/C7H12F2N2O4/c8-5(9)3-10-7(15)11-4(1-2-12)6(13)14/h4-5,12H,1-3H2,(H,13,14)(H2,10,11,15)/t4-/m1/s1. The molecule has 0 aliphatic rings. The predicted molar refractivity (Wildman–Crippen MR) is 45.7 cm³/mol. The Kier molecular flexibility index (Phi) is 6.27. The highest BCUT2D eigenvalue weighted by Gasteiger charge is 2.19. The highest BCUT2D eigenvalue weighted by atomic mass is 19.3. The maximum absolute atomic E-state index is 11.6. The zero-order valence-electron chi connectivity index (χ0n) is 7.74. The molecule has 0 unspecified atom stereocenters. The SMILES string of the molecule is O=C(NCC(F)F)N[C@H](CCO)C(=O)O. The summed E-state index contributed by atoms with van der Waals surface area (Å²) in [6.45, 7) is -1.27. The third kappa shape index (κ3) is 6.61. The van der Waals surface area contributed by atoms with Crippen molar-refractivity contribution in [1.82, 2.24) is 10.6 Å². The normalized spacial score (nSPS) is 12.3. The number of rotatable bonds is 6. The van der Waals surface area contributed by atoms with Crippen molar-refractivity contribution < 1.29 is 28.6 Å². The number of aliphatic carboxylic acids is 1.